The molecule has 2 aromatic carbocycles. The average molecular weight is 746 g/mol. The number of phenols is 2. The zero-order valence-electron chi connectivity index (χ0n) is 24.1. The van der Waals surface area contributed by atoms with Crippen molar-refractivity contribution in [2.75, 3.05) is 23.4 Å². The molecule has 0 radical (unpaired) electrons. The van der Waals surface area contributed by atoms with Crippen molar-refractivity contribution in [3.8, 4) is 36.2 Å². The number of rotatable bonds is 12. The molecule has 2 atom stereocenters. The number of nitrogens with one attached hydrogen (secondary N) is 1. The van der Waals surface area contributed by atoms with Gasteiger partial charge >= 0.3 is 11.9 Å². The lowest BCUT2D eigenvalue weighted by Gasteiger charge is -2.13. The van der Waals surface area contributed by atoms with Gasteiger partial charge in [-0.05, 0) is 35.4 Å². The van der Waals surface area contributed by atoms with Gasteiger partial charge in [-0.1, -0.05) is 66.9 Å². The molecular formula is C34H41BrN4O6S2. The van der Waals surface area contributed by atoms with Gasteiger partial charge in [0.15, 0.2) is 0 Å². The third-order valence-electron chi connectivity index (χ3n) is 5.92. The zero-order chi connectivity index (χ0) is 33.2. The van der Waals surface area contributed by atoms with E-state index in [2.05, 4.69) is 43.1 Å². The van der Waals surface area contributed by atoms with Crippen molar-refractivity contribution in [1.29, 1.82) is 0 Å². The van der Waals surface area contributed by atoms with Gasteiger partial charge in [0.2, 0.25) is 0 Å². The minimum atomic E-state index is -0.996. The summed E-state index contributed by atoms with van der Waals surface area (Å²) in [4.78, 5) is 30.0. The van der Waals surface area contributed by atoms with Crippen LogP contribution in [-0.4, -0.2) is 77.8 Å². The highest BCUT2D eigenvalue weighted by atomic mass is 79.9. The summed E-state index contributed by atoms with van der Waals surface area (Å²) in [6.07, 6.45) is 13.1. The van der Waals surface area contributed by atoms with Crippen molar-refractivity contribution < 1.29 is 30.0 Å². The number of hydrogen-bond acceptors (Lipinski definition) is 10. The van der Waals surface area contributed by atoms with Crippen LogP contribution in [-0.2, 0) is 21.1 Å². The van der Waals surface area contributed by atoms with E-state index in [4.69, 9.17) is 28.8 Å². The Morgan fingerprint density at radius 2 is 1.30 bits per heavy atom. The summed E-state index contributed by atoms with van der Waals surface area (Å²) in [5.74, 6) is 5.10. The Bertz CT molecular complexity index is 1660. The molecular weight excluding hydrogens is 704 g/mol. The molecule has 0 unspecified atom stereocenters. The molecule has 0 aliphatic rings. The minimum Gasteiger partial charge on any atom is -0.506 e. The molecule has 0 bridgehead atoms. The molecule has 0 saturated heterocycles. The number of terminal acetylenes is 2. The van der Waals surface area contributed by atoms with Crippen molar-refractivity contribution in [3.63, 3.8) is 0 Å². The Balaban J connectivity index is 0.000000784. The number of pyridine rings is 2. The van der Waals surface area contributed by atoms with Crippen LogP contribution in [0.3, 0.4) is 0 Å². The summed E-state index contributed by atoms with van der Waals surface area (Å²) in [6, 6.07) is 12.7. The van der Waals surface area contributed by atoms with Crippen LogP contribution < -0.4 is 11.1 Å². The summed E-state index contributed by atoms with van der Waals surface area (Å²) >= 11 is 5.95. The number of thioether (sulfide) groups is 2. The first kappa shape index (κ1) is 43.0. The fourth-order valence-corrected chi connectivity index (χ4v) is 5.81. The number of aromatic hydroxyl groups is 2. The van der Waals surface area contributed by atoms with Crippen molar-refractivity contribution in [2.45, 2.75) is 38.4 Å². The van der Waals surface area contributed by atoms with Crippen LogP contribution in [0.2, 0.25) is 0 Å². The maximum atomic E-state index is 11.1. The van der Waals surface area contributed by atoms with Crippen LogP contribution in [0.15, 0.2) is 60.9 Å². The fraction of sp³-hybridized carbons (Fsp3) is 0.294. The fourth-order valence-electron chi connectivity index (χ4n) is 3.74. The number of aliphatic carboxylic acids is 2. The average Bonchev–Trinajstić information content (AvgIpc) is 3.05. The lowest BCUT2D eigenvalue weighted by atomic mass is 10.1. The number of carbonyl (C=O) groups is 2. The molecule has 4 rings (SSSR count). The quantitative estimate of drug-likeness (QED) is 0.0769. The SMILES string of the molecule is C.C.C#CCBr.C#CCN[C@@H](CSCc1ccc(O)c2ncccc12)C(=O)O.N[C@@H](CSCc1ccc(O)c2ncccc12)C(=O)O. The molecule has 0 saturated carbocycles. The van der Waals surface area contributed by atoms with E-state index in [1.807, 2.05) is 30.3 Å². The summed E-state index contributed by atoms with van der Waals surface area (Å²) < 4.78 is 0. The van der Waals surface area contributed by atoms with Gasteiger partial charge < -0.3 is 26.2 Å². The first-order valence-corrected chi connectivity index (χ1v) is 16.7. The van der Waals surface area contributed by atoms with Crippen LogP contribution >= 0.6 is 39.5 Å². The zero-order valence-corrected chi connectivity index (χ0v) is 27.3. The Hall–Kier alpha value is -3.98. The first-order chi connectivity index (χ1) is 21.6. The van der Waals surface area contributed by atoms with E-state index in [1.54, 1.807) is 30.6 Å². The number of benzene rings is 2. The Labute approximate surface area is 293 Å². The second-order valence-electron chi connectivity index (χ2n) is 9.08. The first-order valence-electron chi connectivity index (χ1n) is 13.3. The largest absolute Gasteiger partial charge is 0.506 e. The maximum Gasteiger partial charge on any atom is 0.321 e. The van der Waals surface area contributed by atoms with E-state index in [1.165, 1.54) is 23.5 Å². The number of hydrogen-bond donors (Lipinski definition) is 6. The van der Waals surface area contributed by atoms with E-state index in [0.717, 1.165) is 21.9 Å². The molecule has 10 nitrogen and oxygen atoms in total. The summed E-state index contributed by atoms with van der Waals surface area (Å²) in [5.41, 5.74) is 8.57. The van der Waals surface area contributed by atoms with E-state index in [9.17, 15) is 19.8 Å². The van der Waals surface area contributed by atoms with Gasteiger partial charge in [0.1, 0.15) is 34.6 Å². The van der Waals surface area contributed by atoms with Crippen molar-refractivity contribution in [2.24, 2.45) is 5.73 Å². The molecule has 7 N–H and O–H groups in total. The van der Waals surface area contributed by atoms with Gasteiger partial charge in [-0.3, -0.25) is 24.9 Å². The molecule has 4 aromatic rings. The highest BCUT2D eigenvalue weighted by molar-refractivity contribution is 9.09. The molecule has 2 heterocycles. The van der Waals surface area contributed by atoms with Crippen LogP contribution in [0.25, 0.3) is 21.8 Å². The molecule has 47 heavy (non-hydrogen) atoms. The van der Waals surface area contributed by atoms with E-state index in [-0.39, 0.29) is 32.9 Å². The number of nitrogens with two attached hydrogens (primary N) is 1. The number of alkyl halides is 1. The number of nitrogens with zero attached hydrogens (tertiary/aromatic N) is 2. The van der Waals surface area contributed by atoms with E-state index in [0.29, 0.717) is 39.4 Å². The van der Waals surface area contributed by atoms with Crippen molar-refractivity contribution >= 4 is 73.2 Å². The normalized spacial score (nSPS) is 11.1. The highest BCUT2D eigenvalue weighted by Crippen LogP contribution is 2.29. The molecule has 0 aliphatic heterocycles. The van der Waals surface area contributed by atoms with E-state index < -0.39 is 24.0 Å². The smallest absolute Gasteiger partial charge is 0.321 e. The van der Waals surface area contributed by atoms with Gasteiger partial charge in [0, 0.05) is 46.2 Å². The van der Waals surface area contributed by atoms with Gasteiger partial charge in [-0.2, -0.15) is 23.5 Å². The summed E-state index contributed by atoms with van der Waals surface area (Å²) in [5, 5.41) is 42.5. The van der Waals surface area contributed by atoms with Gasteiger partial charge in [-0.25, -0.2) is 0 Å². The van der Waals surface area contributed by atoms with Crippen molar-refractivity contribution in [3.05, 3.63) is 72.1 Å². The Morgan fingerprint density at radius 3 is 1.70 bits per heavy atom. The second-order valence-corrected chi connectivity index (χ2v) is 11.7. The predicted molar refractivity (Wildman–Crippen MR) is 199 cm³/mol. The maximum absolute atomic E-state index is 11.1. The van der Waals surface area contributed by atoms with Crippen LogP contribution in [0.5, 0.6) is 11.5 Å². The lowest BCUT2D eigenvalue weighted by Crippen LogP contribution is -2.38. The van der Waals surface area contributed by atoms with E-state index >= 15 is 0 Å². The second kappa shape index (κ2) is 23.4. The number of fused-ring (bicyclic) bond motifs is 2. The Kier molecular flexibility index (Phi) is 21.4. The standard InChI is InChI=1S/C16H16N2O3S.C13H14N2O3S.C3H3Br.2CH4/c1-2-7-17-13(16(20)21)10-22-9-11-5-6-14(19)15-12(11)4-3-8-18-15;14-10(13(17)18)7-19-6-8-3-4-11(16)12-9(8)2-1-5-15-12;1-2-3-4;;/h1,3-6,8,13,17,19H,7,9-10H2,(H,20,21);1-5,10,16H,6-7,14H2,(H,17,18);1H,3H2;2*1H4/t13-;10-;;;/m00.../s1. The number of carboxylic acid groups (broad SMARTS) is 2. The third kappa shape index (κ3) is 14.1. The molecule has 252 valence electrons. The van der Waals surface area contributed by atoms with Crippen molar-refractivity contribution in [1.82, 2.24) is 15.3 Å². The Morgan fingerprint density at radius 1 is 0.830 bits per heavy atom. The molecule has 0 aliphatic carbocycles. The number of carboxylic acids is 2. The predicted octanol–water partition coefficient (Wildman–Crippen LogP) is 5.72. The summed E-state index contributed by atoms with van der Waals surface area (Å²) in [6.45, 7) is 0.226. The topological polar surface area (TPSA) is 179 Å². The number of phenolic OH excluding ortho intramolecular Hbond substituents is 2. The van der Waals surface area contributed by atoms with Crippen LogP contribution in [0, 0.1) is 24.7 Å². The summed E-state index contributed by atoms with van der Waals surface area (Å²) in [7, 11) is 0. The van der Waals surface area contributed by atoms with Gasteiger partial charge in [0.25, 0.3) is 0 Å². The number of halogens is 1. The lowest BCUT2D eigenvalue weighted by molar-refractivity contribution is -0.139. The van der Waals surface area contributed by atoms with Gasteiger partial charge in [-0.15, -0.1) is 12.8 Å². The molecule has 0 fully saturated rings. The minimum absolute atomic E-state index is 0. The molecule has 2 aromatic heterocycles. The van der Waals surface area contributed by atoms with Crippen LogP contribution in [0.4, 0.5) is 0 Å². The molecule has 13 heteroatoms. The monoisotopic (exact) mass is 744 g/mol. The van der Waals surface area contributed by atoms with Gasteiger partial charge in [0.05, 0.1) is 11.9 Å². The third-order valence-corrected chi connectivity index (χ3v) is 8.44. The highest BCUT2D eigenvalue weighted by Gasteiger charge is 2.16. The number of aromatic nitrogens is 2. The molecule has 0 spiro atoms. The van der Waals surface area contributed by atoms with Crippen LogP contribution in [0.1, 0.15) is 26.0 Å². The molecule has 0 amide bonds.